The minimum absolute atomic E-state index is 0.0207. The predicted molar refractivity (Wildman–Crippen MR) is 157 cm³/mol. The molecule has 1 aromatic heterocycles. The van der Waals surface area contributed by atoms with Crippen LogP contribution in [0.1, 0.15) is 33.5 Å². The SMILES string of the molecule is COCCCN(CC(=O)N(Cc1ccccc1)Cc1coc2ccc(C)cc2c1=O)C(=O)c1ccc(Cl)c(Cl)c1. The number of ether oxygens (including phenoxy) is 1. The molecule has 3 aromatic carbocycles. The Morgan fingerprint density at radius 1 is 0.925 bits per heavy atom. The van der Waals surface area contributed by atoms with Gasteiger partial charge in [0.25, 0.3) is 5.91 Å². The van der Waals surface area contributed by atoms with Crippen LogP contribution in [0.25, 0.3) is 11.0 Å². The quantitative estimate of drug-likeness (QED) is 0.200. The fourth-order valence-corrected chi connectivity index (χ4v) is 4.66. The molecule has 0 unspecified atom stereocenters. The number of carbonyl (C=O) groups is 2. The highest BCUT2D eigenvalue weighted by atomic mass is 35.5. The highest BCUT2D eigenvalue weighted by molar-refractivity contribution is 6.42. The van der Waals surface area contributed by atoms with Crippen molar-refractivity contribution in [2.24, 2.45) is 0 Å². The molecule has 4 aromatic rings. The van der Waals surface area contributed by atoms with Crippen molar-refractivity contribution in [1.29, 1.82) is 0 Å². The third-order valence-electron chi connectivity index (χ3n) is 6.49. The molecule has 40 heavy (non-hydrogen) atoms. The average molecular weight is 581 g/mol. The summed E-state index contributed by atoms with van der Waals surface area (Å²) in [6.07, 6.45) is 1.94. The summed E-state index contributed by atoms with van der Waals surface area (Å²) < 4.78 is 10.9. The molecule has 0 N–H and O–H groups in total. The normalized spacial score (nSPS) is 11.0. The fraction of sp³-hybridized carbons (Fsp3) is 0.258. The van der Waals surface area contributed by atoms with Gasteiger partial charge in [-0.25, -0.2) is 0 Å². The summed E-state index contributed by atoms with van der Waals surface area (Å²) in [7, 11) is 1.58. The summed E-state index contributed by atoms with van der Waals surface area (Å²) in [6, 6.07) is 19.5. The van der Waals surface area contributed by atoms with Crippen molar-refractivity contribution >= 4 is 46.0 Å². The Balaban J connectivity index is 1.64. The van der Waals surface area contributed by atoms with E-state index in [0.717, 1.165) is 11.1 Å². The topological polar surface area (TPSA) is 80.1 Å². The molecule has 0 aliphatic heterocycles. The molecular formula is C31H30Cl2N2O5. The molecule has 0 radical (unpaired) electrons. The van der Waals surface area contributed by atoms with Crippen molar-refractivity contribution in [2.45, 2.75) is 26.4 Å². The van der Waals surface area contributed by atoms with Crippen molar-refractivity contribution in [2.75, 3.05) is 26.8 Å². The van der Waals surface area contributed by atoms with Crippen LogP contribution in [-0.2, 0) is 22.6 Å². The Hall–Kier alpha value is -3.65. The molecule has 9 heteroatoms. The van der Waals surface area contributed by atoms with Crippen LogP contribution in [0, 0.1) is 6.92 Å². The Kier molecular flexibility index (Phi) is 9.98. The third kappa shape index (κ3) is 7.30. The number of benzene rings is 3. The van der Waals surface area contributed by atoms with Crippen LogP contribution in [-0.4, -0.2) is 48.4 Å². The zero-order valence-electron chi connectivity index (χ0n) is 22.4. The van der Waals surface area contributed by atoms with E-state index in [9.17, 15) is 14.4 Å². The van der Waals surface area contributed by atoms with Crippen LogP contribution >= 0.6 is 23.2 Å². The predicted octanol–water partition coefficient (Wildman–Crippen LogP) is 6.12. The summed E-state index contributed by atoms with van der Waals surface area (Å²) >= 11 is 12.2. The maximum absolute atomic E-state index is 13.8. The van der Waals surface area contributed by atoms with Crippen LogP contribution in [0.5, 0.6) is 0 Å². The highest BCUT2D eigenvalue weighted by Gasteiger charge is 2.24. The summed E-state index contributed by atoms with van der Waals surface area (Å²) in [4.78, 5) is 43.6. The maximum Gasteiger partial charge on any atom is 0.254 e. The number of aryl methyl sites for hydroxylation is 1. The first-order valence-corrected chi connectivity index (χ1v) is 13.6. The minimum atomic E-state index is -0.358. The van der Waals surface area contributed by atoms with Gasteiger partial charge in [-0.05, 0) is 49.2 Å². The first-order chi connectivity index (χ1) is 19.3. The summed E-state index contributed by atoms with van der Waals surface area (Å²) in [6.45, 7) is 2.68. The summed E-state index contributed by atoms with van der Waals surface area (Å²) in [5, 5.41) is 1.04. The van der Waals surface area contributed by atoms with Crippen LogP contribution in [0.15, 0.2) is 82.2 Å². The molecule has 0 aliphatic carbocycles. The lowest BCUT2D eigenvalue weighted by atomic mass is 10.1. The van der Waals surface area contributed by atoms with E-state index in [-0.39, 0.29) is 48.4 Å². The van der Waals surface area contributed by atoms with Crippen molar-refractivity contribution < 1.29 is 18.7 Å². The Labute approximate surface area is 242 Å². The molecule has 0 spiro atoms. The van der Waals surface area contributed by atoms with E-state index in [4.69, 9.17) is 32.4 Å². The van der Waals surface area contributed by atoms with Gasteiger partial charge in [-0.2, -0.15) is 0 Å². The number of methoxy groups -OCH3 is 1. The monoisotopic (exact) mass is 580 g/mol. The zero-order valence-corrected chi connectivity index (χ0v) is 23.9. The number of amides is 2. The van der Waals surface area contributed by atoms with Crippen molar-refractivity contribution in [3.8, 4) is 0 Å². The van der Waals surface area contributed by atoms with E-state index in [2.05, 4.69) is 0 Å². The molecule has 0 aliphatic rings. The lowest BCUT2D eigenvalue weighted by Crippen LogP contribution is -2.43. The molecule has 0 saturated carbocycles. The third-order valence-corrected chi connectivity index (χ3v) is 7.23. The molecule has 4 rings (SSSR count). The van der Waals surface area contributed by atoms with E-state index >= 15 is 0 Å². The van der Waals surface area contributed by atoms with Gasteiger partial charge in [0.15, 0.2) is 5.43 Å². The van der Waals surface area contributed by atoms with Crippen LogP contribution in [0.2, 0.25) is 10.0 Å². The Morgan fingerprint density at radius 3 is 2.42 bits per heavy atom. The second kappa shape index (κ2) is 13.6. The molecule has 208 valence electrons. The van der Waals surface area contributed by atoms with Gasteiger partial charge in [-0.3, -0.25) is 14.4 Å². The van der Waals surface area contributed by atoms with Gasteiger partial charge in [-0.15, -0.1) is 0 Å². The molecule has 0 atom stereocenters. The standard InChI is InChI=1S/C31H30Cl2N2O5/c1-21-9-12-28-25(15-21)30(37)24(20-40-28)18-35(17-22-7-4-3-5-8-22)29(36)19-34(13-6-14-39-2)31(38)23-10-11-26(32)27(33)16-23/h3-5,7-12,15-16,20H,6,13-14,17-19H2,1-2H3. The number of fused-ring (bicyclic) bond motifs is 1. The first-order valence-electron chi connectivity index (χ1n) is 12.8. The van der Waals surface area contributed by atoms with Crippen LogP contribution in [0.3, 0.4) is 0 Å². The van der Waals surface area contributed by atoms with Gasteiger partial charge in [0.1, 0.15) is 12.1 Å². The van der Waals surface area contributed by atoms with Gasteiger partial charge >= 0.3 is 0 Å². The Bertz CT molecular complexity index is 1550. The molecule has 0 bridgehead atoms. The van der Waals surface area contributed by atoms with E-state index < -0.39 is 0 Å². The van der Waals surface area contributed by atoms with E-state index in [0.29, 0.717) is 40.1 Å². The second-order valence-corrected chi connectivity index (χ2v) is 10.3. The lowest BCUT2D eigenvalue weighted by Gasteiger charge is -2.28. The second-order valence-electron chi connectivity index (χ2n) is 9.53. The van der Waals surface area contributed by atoms with Crippen LogP contribution in [0.4, 0.5) is 0 Å². The molecule has 7 nitrogen and oxygen atoms in total. The average Bonchev–Trinajstić information content (AvgIpc) is 2.95. The Morgan fingerprint density at radius 2 is 1.70 bits per heavy atom. The van der Waals surface area contributed by atoms with E-state index in [1.165, 1.54) is 17.2 Å². The molecule has 2 amide bonds. The van der Waals surface area contributed by atoms with E-state index in [1.54, 1.807) is 36.3 Å². The number of halogens is 2. The molecule has 0 fully saturated rings. The van der Waals surface area contributed by atoms with E-state index in [1.807, 2.05) is 43.3 Å². The number of nitrogens with zero attached hydrogens (tertiary/aromatic N) is 2. The van der Waals surface area contributed by atoms with Crippen molar-refractivity contribution in [3.05, 3.63) is 116 Å². The number of hydrogen-bond donors (Lipinski definition) is 0. The minimum Gasteiger partial charge on any atom is -0.464 e. The summed E-state index contributed by atoms with van der Waals surface area (Å²) in [5.74, 6) is -0.679. The summed E-state index contributed by atoms with van der Waals surface area (Å²) in [5.41, 5.74) is 2.78. The van der Waals surface area contributed by atoms with Gasteiger partial charge in [-0.1, -0.05) is 65.2 Å². The first kappa shape index (κ1) is 29.3. The fourth-order valence-electron chi connectivity index (χ4n) is 4.36. The largest absolute Gasteiger partial charge is 0.464 e. The number of carbonyl (C=O) groups excluding carboxylic acids is 2. The van der Waals surface area contributed by atoms with Crippen molar-refractivity contribution in [3.63, 3.8) is 0 Å². The van der Waals surface area contributed by atoms with Crippen molar-refractivity contribution in [1.82, 2.24) is 9.80 Å². The maximum atomic E-state index is 13.8. The smallest absolute Gasteiger partial charge is 0.254 e. The zero-order chi connectivity index (χ0) is 28.6. The molecule has 0 saturated heterocycles. The van der Waals surface area contributed by atoms with Gasteiger partial charge in [0, 0.05) is 32.4 Å². The lowest BCUT2D eigenvalue weighted by molar-refractivity contribution is -0.133. The highest BCUT2D eigenvalue weighted by Crippen LogP contribution is 2.23. The molecule has 1 heterocycles. The number of hydrogen-bond acceptors (Lipinski definition) is 5. The number of rotatable bonds is 11. The van der Waals surface area contributed by atoms with Gasteiger partial charge in [0.05, 0.1) is 33.8 Å². The van der Waals surface area contributed by atoms with Gasteiger partial charge in [0.2, 0.25) is 5.91 Å². The van der Waals surface area contributed by atoms with Crippen LogP contribution < -0.4 is 5.43 Å². The molecular weight excluding hydrogens is 551 g/mol. The van der Waals surface area contributed by atoms with Gasteiger partial charge < -0.3 is 19.0 Å².